The number of carbonyl (C=O) groups is 1. The van der Waals surface area contributed by atoms with Crippen LogP contribution in [0.4, 0.5) is 5.69 Å². The number of phenolic OH excluding ortho intramolecular Hbond substituents is 2. The highest BCUT2D eigenvalue weighted by Gasteiger charge is 2.07. The first-order valence-electron chi connectivity index (χ1n) is 7.12. The summed E-state index contributed by atoms with van der Waals surface area (Å²) in [4.78, 5) is 11.8. The number of carbonyl (C=O) groups excluding carboxylic acids is 1. The molecule has 0 atom stereocenters. The first-order valence-corrected chi connectivity index (χ1v) is 7.12. The molecule has 120 valence electrons. The predicted molar refractivity (Wildman–Crippen MR) is 89.8 cm³/mol. The van der Waals surface area contributed by atoms with Crippen LogP contribution in [0.2, 0.25) is 0 Å². The molecule has 6 nitrogen and oxygen atoms in total. The van der Waals surface area contributed by atoms with Crippen LogP contribution in [0.15, 0.2) is 47.6 Å². The van der Waals surface area contributed by atoms with Gasteiger partial charge in [-0.1, -0.05) is 18.2 Å². The number of para-hydroxylation sites is 1. The van der Waals surface area contributed by atoms with Gasteiger partial charge in [-0.25, -0.2) is 5.43 Å². The zero-order valence-corrected chi connectivity index (χ0v) is 13.0. The van der Waals surface area contributed by atoms with Gasteiger partial charge < -0.3 is 15.5 Å². The third-order valence-electron chi connectivity index (χ3n) is 3.30. The SMILES string of the molecule is C/C(=N\NC(=O)CNc1ccccc1C)c1ccc(O)cc1O. The molecule has 0 aliphatic rings. The number of aryl methyl sites for hydroxylation is 1. The lowest BCUT2D eigenvalue weighted by Gasteiger charge is -2.09. The Hall–Kier alpha value is -3.02. The Bertz CT molecular complexity index is 742. The highest BCUT2D eigenvalue weighted by atomic mass is 16.3. The molecule has 2 aromatic carbocycles. The van der Waals surface area contributed by atoms with Crippen molar-refractivity contribution in [2.24, 2.45) is 5.10 Å². The monoisotopic (exact) mass is 313 g/mol. The molecule has 2 aromatic rings. The first-order chi connectivity index (χ1) is 11.0. The van der Waals surface area contributed by atoms with E-state index in [0.717, 1.165) is 11.3 Å². The smallest absolute Gasteiger partial charge is 0.259 e. The van der Waals surface area contributed by atoms with E-state index in [0.29, 0.717) is 11.3 Å². The summed E-state index contributed by atoms with van der Waals surface area (Å²) in [7, 11) is 0. The van der Waals surface area contributed by atoms with E-state index in [-0.39, 0.29) is 24.0 Å². The molecule has 0 radical (unpaired) electrons. The molecule has 4 N–H and O–H groups in total. The van der Waals surface area contributed by atoms with E-state index in [1.54, 1.807) is 6.92 Å². The van der Waals surface area contributed by atoms with Crippen LogP contribution in [-0.2, 0) is 4.79 Å². The van der Waals surface area contributed by atoms with E-state index in [9.17, 15) is 15.0 Å². The number of benzene rings is 2. The van der Waals surface area contributed by atoms with Gasteiger partial charge in [-0.05, 0) is 37.6 Å². The van der Waals surface area contributed by atoms with Gasteiger partial charge in [0.15, 0.2) is 0 Å². The molecule has 0 unspecified atom stereocenters. The van der Waals surface area contributed by atoms with Crippen LogP contribution in [0.3, 0.4) is 0 Å². The van der Waals surface area contributed by atoms with Crippen molar-refractivity contribution in [3.8, 4) is 11.5 Å². The third kappa shape index (κ3) is 4.47. The predicted octanol–water partition coefficient (Wildman–Crippen LogP) is 2.36. The van der Waals surface area contributed by atoms with E-state index < -0.39 is 0 Å². The standard InChI is InChI=1S/C17H19N3O3/c1-11-5-3-4-6-15(11)18-10-17(23)20-19-12(2)14-8-7-13(21)9-16(14)22/h3-9,18,21-22H,10H2,1-2H3,(H,20,23)/b19-12+. The van der Waals surface area contributed by atoms with Gasteiger partial charge in [0.2, 0.25) is 0 Å². The van der Waals surface area contributed by atoms with Crippen molar-refractivity contribution >= 4 is 17.3 Å². The highest BCUT2D eigenvalue weighted by Crippen LogP contribution is 2.22. The normalized spacial score (nSPS) is 11.1. The molecule has 0 aliphatic carbocycles. The van der Waals surface area contributed by atoms with E-state index in [1.165, 1.54) is 18.2 Å². The number of amides is 1. The molecule has 0 heterocycles. The minimum absolute atomic E-state index is 0.0366. The van der Waals surface area contributed by atoms with Gasteiger partial charge >= 0.3 is 0 Å². The van der Waals surface area contributed by atoms with Crippen molar-refractivity contribution in [1.29, 1.82) is 0 Å². The lowest BCUT2D eigenvalue weighted by Crippen LogP contribution is -2.27. The quantitative estimate of drug-likeness (QED) is 0.503. The summed E-state index contributed by atoms with van der Waals surface area (Å²) in [6, 6.07) is 11.9. The summed E-state index contributed by atoms with van der Waals surface area (Å²) >= 11 is 0. The van der Waals surface area contributed by atoms with Gasteiger partial charge in [-0.15, -0.1) is 0 Å². The molecule has 0 saturated carbocycles. The molecule has 0 aliphatic heterocycles. The fourth-order valence-electron chi connectivity index (χ4n) is 2.02. The number of aromatic hydroxyl groups is 2. The van der Waals surface area contributed by atoms with Gasteiger partial charge in [-0.2, -0.15) is 5.10 Å². The Morgan fingerprint density at radius 1 is 1.17 bits per heavy atom. The number of hydrogen-bond acceptors (Lipinski definition) is 5. The molecule has 0 saturated heterocycles. The van der Waals surface area contributed by atoms with Gasteiger partial charge in [-0.3, -0.25) is 4.79 Å². The fraction of sp³-hybridized carbons (Fsp3) is 0.176. The average Bonchev–Trinajstić information content (AvgIpc) is 2.52. The molecule has 0 fully saturated rings. The average molecular weight is 313 g/mol. The summed E-state index contributed by atoms with van der Waals surface area (Å²) in [5.41, 5.74) is 5.24. The van der Waals surface area contributed by atoms with Crippen LogP contribution in [0.5, 0.6) is 11.5 Å². The summed E-state index contributed by atoms with van der Waals surface area (Å²) < 4.78 is 0. The maximum Gasteiger partial charge on any atom is 0.259 e. The molecule has 0 bridgehead atoms. The molecular formula is C17H19N3O3. The topological polar surface area (TPSA) is 94.0 Å². The van der Waals surface area contributed by atoms with Crippen LogP contribution in [0.25, 0.3) is 0 Å². The Morgan fingerprint density at radius 3 is 2.61 bits per heavy atom. The van der Waals surface area contributed by atoms with Crippen LogP contribution in [0.1, 0.15) is 18.1 Å². The number of phenols is 2. The van der Waals surface area contributed by atoms with Gasteiger partial charge in [0.05, 0.1) is 12.3 Å². The number of hydrogen-bond donors (Lipinski definition) is 4. The molecular weight excluding hydrogens is 294 g/mol. The summed E-state index contributed by atoms with van der Waals surface area (Å²) in [6.07, 6.45) is 0. The Labute approximate surface area is 134 Å². The number of nitrogens with zero attached hydrogens (tertiary/aromatic N) is 1. The molecule has 0 aromatic heterocycles. The molecule has 1 amide bonds. The van der Waals surface area contributed by atoms with Crippen LogP contribution >= 0.6 is 0 Å². The van der Waals surface area contributed by atoms with Crippen molar-refractivity contribution in [3.05, 3.63) is 53.6 Å². The molecule has 0 spiro atoms. The summed E-state index contributed by atoms with van der Waals surface area (Å²) in [5.74, 6) is -0.435. The second-order valence-electron chi connectivity index (χ2n) is 5.10. The van der Waals surface area contributed by atoms with Crippen molar-refractivity contribution in [2.75, 3.05) is 11.9 Å². The highest BCUT2D eigenvalue weighted by molar-refractivity contribution is 6.01. The number of hydrazone groups is 1. The lowest BCUT2D eigenvalue weighted by atomic mass is 10.1. The van der Waals surface area contributed by atoms with Gasteiger partial charge in [0.25, 0.3) is 5.91 Å². The van der Waals surface area contributed by atoms with Crippen molar-refractivity contribution in [1.82, 2.24) is 5.43 Å². The van der Waals surface area contributed by atoms with Crippen LogP contribution in [-0.4, -0.2) is 28.4 Å². The van der Waals surface area contributed by atoms with E-state index >= 15 is 0 Å². The Balaban J connectivity index is 1.94. The second kappa shape index (κ2) is 7.31. The largest absolute Gasteiger partial charge is 0.508 e. The van der Waals surface area contributed by atoms with Crippen LogP contribution in [0, 0.1) is 6.92 Å². The Morgan fingerprint density at radius 2 is 1.91 bits per heavy atom. The van der Waals surface area contributed by atoms with Crippen LogP contribution < -0.4 is 10.7 Å². The van der Waals surface area contributed by atoms with E-state index in [1.807, 2.05) is 31.2 Å². The summed E-state index contributed by atoms with van der Waals surface area (Å²) in [5, 5.41) is 26.0. The maximum atomic E-state index is 11.8. The molecule has 2 rings (SSSR count). The fourth-order valence-corrected chi connectivity index (χ4v) is 2.02. The maximum absolute atomic E-state index is 11.8. The van der Waals surface area contributed by atoms with E-state index in [4.69, 9.17) is 0 Å². The van der Waals surface area contributed by atoms with Crippen molar-refractivity contribution < 1.29 is 15.0 Å². The number of rotatable bonds is 5. The molecule has 6 heteroatoms. The molecule has 23 heavy (non-hydrogen) atoms. The van der Waals surface area contributed by atoms with E-state index in [2.05, 4.69) is 15.8 Å². The first kappa shape index (κ1) is 16.4. The minimum atomic E-state index is -0.300. The summed E-state index contributed by atoms with van der Waals surface area (Å²) in [6.45, 7) is 3.69. The third-order valence-corrected chi connectivity index (χ3v) is 3.30. The number of nitrogens with one attached hydrogen (secondary N) is 2. The zero-order chi connectivity index (χ0) is 16.8. The lowest BCUT2D eigenvalue weighted by molar-refractivity contribution is -0.119. The second-order valence-corrected chi connectivity index (χ2v) is 5.10. The number of anilines is 1. The minimum Gasteiger partial charge on any atom is -0.508 e. The zero-order valence-electron chi connectivity index (χ0n) is 13.0. The van der Waals surface area contributed by atoms with Crippen molar-refractivity contribution in [3.63, 3.8) is 0 Å². The van der Waals surface area contributed by atoms with Gasteiger partial charge in [0.1, 0.15) is 11.5 Å². The Kier molecular flexibility index (Phi) is 5.19. The van der Waals surface area contributed by atoms with Gasteiger partial charge in [0, 0.05) is 17.3 Å². The van der Waals surface area contributed by atoms with Crippen molar-refractivity contribution in [2.45, 2.75) is 13.8 Å².